The number of hydrogen-bond acceptors (Lipinski definition) is 3. The Morgan fingerprint density at radius 1 is 1.69 bits per heavy atom. The Morgan fingerprint density at radius 2 is 2.46 bits per heavy atom. The molecule has 13 heavy (non-hydrogen) atoms. The van der Waals surface area contributed by atoms with Gasteiger partial charge in [0.05, 0.1) is 11.9 Å². The molecule has 3 nitrogen and oxygen atoms in total. The summed E-state index contributed by atoms with van der Waals surface area (Å²) in [6.07, 6.45) is 2.36. The topological polar surface area (TPSA) is 29.5 Å². The molecular formula is C9H17NO2S. The van der Waals surface area contributed by atoms with Crippen LogP contribution in [0.4, 0.5) is 0 Å². The van der Waals surface area contributed by atoms with Crippen LogP contribution in [0, 0.1) is 0 Å². The maximum atomic E-state index is 11.3. The number of likely N-dealkylation sites (tertiary alicyclic amines) is 1. The van der Waals surface area contributed by atoms with Gasteiger partial charge in [-0.15, -0.1) is 0 Å². The summed E-state index contributed by atoms with van der Waals surface area (Å²) in [4.78, 5) is 13.2. The van der Waals surface area contributed by atoms with Gasteiger partial charge in [0, 0.05) is 19.7 Å². The smallest absolute Gasteiger partial charge is 0.232 e. The van der Waals surface area contributed by atoms with Crippen LogP contribution in [0.15, 0.2) is 0 Å². The van der Waals surface area contributed by atoms with Gasteiger partial charge in [-0.2, -0.15) is 12.6 Å². The number of nitrogens with zero attached hydrogens (tertiary/aromatic N) is 1. The van der Waals surface area contributed by atoms with Crippen LogP contribution in [0.2, 0.25) is 0 Å². The Labute approximate surface area is 84.8 Å². The molecular weight excluding hydrogens is 186 g/mol. The fourth-order valence-corrected chi connectivity index (χ4v) is 1.84. The van der Waals surface area contributed by atoms with Gasteiger partial charge in [-0.3, -0.25) is 4.79 Å². The number of ether oxygens (including phenoxy) is 1. The van der Waals surface area contributed by atoms with E-state index in [1.54, 1.807) is 0 Å². The van der Waals surface area contributed by atoms with E-state index in [1.165, 1.54) is 0 Å². The average molecular weight is 203 g/mol. The molecule has 4 heteroatoms. The lowest BCUT2D eigenvalue weighted by atomic mass is 10.1. The van der Waals surface area contributed by atoms with Gasteiger partial charge in [-0.1, -0.05) is 0 Å². The number of rotatable bonds is 3. The Bertz CT molecular complexity index is 173. The van der Waals surface area contributed by atoms with E-state index < -0.39 is 0 Å². The number of thiol groups is 1. The lowest BCUT2D eigenvalue weighted by Gasteiger charge is -2.32. The van der Waals surface area contributed by atoms with E-state index in [-0.39, 0.29) is 12.0 Å². The van der Waals surface area contributed by atoms with Crippen LogP contribution < -0.4 is 0 Å². The molecule has 0 aromatic rings. The summed E-state index contributed by atoms with van der Waals surface area (Å²) in [5.41, 5.74) is 0. The van der Waals surface area contributed by atoms with Gasteiger partial charge < -0.3 is 9.64 Å². The zero-order valence-corrected chi connectivity index (χ0v) is 8.93. The first-order valence-electron chi connectivity index (χ1n) is 4.78. The summed E-state index contributed by atoms with van der Waals surface area (Å²) < 4.78 is 5.49. The normalized spacial score (nSPS) is 23.2. The molecule has 1 aliphatic heterocycles. The first-order chi connectivity index (χ1) is 6.27. The minimum atomic E-state index is 0.118. The van der Waals surface area contributed by atoms with Crippen molar-refractivity contribution >= 4 is 18.5 Å². The number of amides is 1. The largest absolute Gasteiger partial charge is 0.377 e. The maximum Gasteiger partial charge on any atom is 0.232 e. The summed E-state index contributed by atoms with van der Waals surface area (Å²) in [6, 6.07) is 0. The third-order valence-corrected chi connectivity index (χ3v) is 2.54. The van der Waals surface area contributed by atoms with Gasteiger partial charge in [0.1, 0.15) is 0 Å². The number of piperidine rings is 1. The molecule has 0 saturated carbocycles. The second kappa shape index (κ2) is 5.50. The van der Waals surface area contributed by atoms with Gasteiger partial charge in [0.25, 0.3) is 0 Å². The summed E-state index contributed by atoms with van der Waals surface area (Å²) in [5.74, 6) is 0.423. The van der Waals surface area contributed by atoms with Crippen LogP contribution in [0.5, 0.6) is 0 Å². The first-order valence-corrected chi connectivity index (χ1v) is 5.41. The molecule has 0 N–H and O–H groups in total. The quantitative estimate of drug-likeness (QED) is 0.692. The number of carbonyl (C=O) groups is 1. The summed E-state index contributed by atoms with van der Waals surface area (Å²) >= 11 is 3.98. The monoisotopic (exact) mass is 203 g/mol. The van der Waals surface area contributed by atoms with Gasteiger partial charge in [0.15, 0.2) is 0 Å². The predicted molar refractivity (Wildman–Crippen MR) is 55.1 cm³/mol. The average Bonchev–Trinajstić information content (AvgIpc) is 2.18. The van der Waals surface area contributed by atoms with E-state index in [4.69, 9.17) is 4.74 Å². The van der Waals surface area contributed by atoms with E-state index in [0.29, 0.717) is 5.75 Å². The van der Waals surface area contributed by atoms with E-state index in [2.05, 4.69) is 12.6 Å². The standard InChI is InChI=1S/C9H17NO2S/c1-2-12-8-4-3-5-10(6-8)9(11)7-13/h8,13H,2-7H2,1H3. The highest BCUT2D eigenvalue weighted by Gasteiger charge is 2.22. The highest BCUT2D eigenvalue weighted by Crippen LogP contribution is 2.13. The van der Waals surface area contributed by atoms with Crippen molar-refractivity contribution in [3.63, 3.8) is 0 Å². The predicted octanol–water partition coefficient (Wildman–Crippen LogP) is 0.944. The minimum absolute atomic E-state index is 0.118. The third kappa shape index (κ3) is 3.19. The molecule has 1 unspecified atom stereocenters. The van der Waals surface area contributed by atoms with Crippen molar-refractivity contribution in [1.29, 1.82) is 0 Å². The molecule has 1 atom stereocenters. The van der Waals surface area contributed by atoms with Gasteiger partial charge in [-0.05, 0) is 19.8 Å². The highest BCUT2D eigenvalue weighted by atomic mass is 32.1. The highest BCUT2D eigenvalue weighted by molar-refractivity contribution is 7.81. The Hall–Kier alpha value is -0.220. The van der Waals surface area contributed by atoms with Gasteiger partial charge in [-0.25, -0.2) is 0 Å². The van der Waals surface area contributed by atoms with Crippen LogP contribution in [-0.4, -0.2) is 42.4 Å². The molecule has 1 saturated heterocycles. The van der Waals surface area contributed by atoms with Crippen molar-refractivity contribution in [2.24, 2.45) is 0 Å². The van der Waals surface area contributed by atoms with Crippen molar-refractivity contribution < 1.29 is 9.53 Å². The van der Waals surface area contributed by atoms with Crippen LogP contribution in [0.3, 0.4) is 0 Å². The van der Waals surface area contributed by atoms with E-state index in [9.17, 15) is 4.79 Å². The van der Waals surface area contributed by atoms with E-state index in [0.717, 1.165) is 32.5 Å². The van der Waals surface area contributed by atoms with Gasteiger partial charge in [0.2, 0.25) is 5.91 Å². The summed E-state index contributed by atoms with van der Waals surface area (Å²) in [6.45, 7) is 4.32. The molecule has 1 amide bonds. The molecule has 0 radical (unpaired) electrons. The Kier molecular flexibility index (Phi) is 4.59. The van der Waals surface area contributed by atoms with Crippen LogP contribution in [0.1, 0.15) is 19.8 Å². The van der Waals surface area contributed by atoms with Crippen molar-refractivity contribution in [3.8, 4) is 0 Å². The van der Waals surface area contributed by atoms with E-state index in [1.807, 2.05) is 11.8 Å². The Morgan fingerprint density at radius 3 is 3.08 bits per heavy atom. The first kappa shape index (κ1) is 10.9. The molecule has 1 aliphatic rings. The second-order valence-electron chi connectivity index (χ2n) is 3.22. The van der Waals surface area contributed by atoms with Crippen molar-refractivity contribution in [1.82, 2.24) is 4.90 Å². The summed E-state index contributed by atoms with van der Waals surface area (Å²) in [5, 5.41) is 0. The molecule has 1 rings (SSSR count). The fourth-order valence-electron chi connectivity index (χ4n) is 1.64. The third-order valence-electron chi connectivity index (χ3n) is 2.27. The number of hydrogen-bond donors (Lipinski definition) is 1. The van der Waals surface area contributed by atoms with Crippen LogP contribution in [0.25, 0.3) is 0 Å². The van der Waals surface area contributed by atoms with Crippen molar-refractivity contribution in [2.45, 2.75) is 25.9 Å². The SMILES string of the molecule is CCOC1CCCN(C(=O)CS)C1. The molecule has 0 bridgehead atoms. The maximum absolute atomic E-state index is 11.3. The fraction of sp³-hybridized carbons (Fsp3) is 0.889. The zero-order chi connectivity index (χ0) is 9.68. The molecule has 76 valence electrons. The number of carbonyl (C=O) groups excluding carboxylic acids is 1. The summed E-state index contributed by atoms with van der Waals surface area (Å²) in [7, 11) is 0. The van der Waals surface area contributed by atoms with Crippen molar-refractivity contribution in [3.05, 3.63) is 0 Å². The second-order valence-corrected chi connectivity index (χ2v) is 3.53. The minimum Gasteiger partial charge on any atom is -0.377 e. The van der Waals surface area contributed by atoms with Crippen LogP contribution in [-0.2, 0) is 9.53 Å². The van der Waals surface area contributed by atoms with Crippen LogP contribution >= 0.6 is 12.6 Å². The molecule has 0 aromatic carbocycles. The van der Waals surface area contributed by atoms with Gasteiger partial charge >= 0.3 is 0 Å². The molecule has 1 heterocycles. The Balaban J connectivity index is 2.37. The van der Waals surface area contributed by atoms with E-state index >= 15 is 0 Å². The molecule has 1 fully saturated rings. The molecule has 0 spiro atoms. The van der Waals surface area contributed by atoms with Crippen molar-refractivity contribution in [2.75, 3.05) is 25.4 Å². The molecule has 0 aromatic heterocycles. The lowest BCUT2D eigenvalue weighted by molar-refractivity contribution is -0.132. The zero-order valence-electron chi connectivity index (χ0n) is 8.03. The lowest BCUT2D eigenvalue weighted by Crippen LogP contribution is -2.43. The molecule has 0 aliphatic carbocycles.